The molecule has 0 aliphatic rings. The van der Waals surface area contributed by atoms with Crippen LogP contribution in [0.2, 0.25) is 0 Å². The predicted molar refractivity (Wildman–Crippen MR) is 113 cm³/mol. The maximum Gasteiger partial charge on any atom is 0.337 e. The van der Waals surface area contributed by atoms with Crippen molar-refractivity contribution >= 4 is 112 Å². The number of amides is 1. The van der Waals surface area contributed by atoms with Crippen LogP contribution in [0.3, 0.4) is 0 Å². The molecule has 0 aliphatic heterocycles. The van der Waals surface area contributed by atoms with Crippen LogP contribution >= 0.6 is 90.4 Å². The molecule has 0 aliphatic carbocycles. The molecule has 12 heteroatoms. The van der Waals surface area contributed by atoms with Crippen LogP contribution < -0.4 is 5.32 Å². The van der Waals surface area contributed by atoms with Crippen LogP contribution in [-0.2, 0) is 10.1 Å². The van der Waals surface area contributed by atoms with Crippen LogP contribution in [0.15, 0.2) is 0 Å². The standard InChI is InChI=1S/C10H7I4NO6S/c11-5-3(9(16)15-1-2-22(19,20)21)4(10(17)18)6(12)8(14)7(5)13/h1-2H2,(H,15,16)(H,17,18)(H,19,20,21). The SMILES string of the molecule is O=C(O)c1c(I)c(I)c(I)c(I)c1C(=O)NCCS(=O)(=O)O. The summed E-state index contributed by atoms with van der Waals surface area (Å²) in [6.07, 6.45) is 0. The molecule has 0 unspecified atom stereocenters. The minimum atomic E-state index is -4.20. The Morgan fingerprint density at radius 1 is 0.955 bits per heavy atom. The molecule has 22 heavy (non-hydrogen) atoms. The van der Waals surface area contributed by atoms with Crippen molar-refractivity contribution in [2.75, 3.05) is 12.3 Å². The molecular weight excluding hydrogens is 770 g/mol. The first-order valence-electron chi connectivity index (χ1n) is 5.30. The van der Waals surface area contributed by atoms with Gasteiger partial charge in [-0.25, -0.2) is 4.79 Å². The zero-order valence-electron chi connectivity index (χ0n) is 10.4. The third-order valence-electron chi connectivity index (χ3n) is 2.35. The molecule has 0 spiro atoms. The number of hydrogen-bond donors (Lipinski definition) is 3. The largest absolute Gasteiger partial charge is 0.478 e. The van der Waals surface area contributed by atoms with Gasteiger partial charge in [0.25, 0.3) is 16.0 Å². The summed E-state index contributed by atoms with van der Waals surface area (Å²) < 4.78 is 32.3. The van der Waals surface area contributed by atoms with Crippen molar-refractivity contribution < 1.29 is 27.7 Å². The van der Waals surface area contributed by atoms with Crippen LogP contribution in [0, 0.1) is 14.3 Å². The second kappa shape index (κ2) is 8.39. The van der Waals surface area contributed by atoms with Crippen LogP contribution in [0.1, 0.15) is 20.7 Å². The molecule has 0 radical (unpaired) electrons. The van der Waals surface area contributed by atoms with E-state index in [1.807, 2.05) is 90.4 Å². The Kier molecular flexibility index (Phi) is 8.02. The summed E-state index contributed by atoms with van der Waals surface area (Å²) in [6, 6.07) is 0. The summed E-state index contributed by atoms with van der Waals surface area (Å²) >= 11 is 7.76. The van der Waals surface area contributed by atoms with E-state index in [1.54, 1.807) is 0 Å². The minimum absolute atomic E-state index is 0.0161. The first-order valence-corrected chi connectivity index (χ1v) is 11.2. The van der Waals surface area contributed by atoms with E-state index in [-0.39, 0.29) is 17.7 Å². The number of hydrogen-bond acceptors (Lipinski definition) is 4. The topological polar surface area (TPSA) is 121 Å². The van der Waals surface area contributed by atoms with Crippen LogP contribution in [-0.4, -0.2) is 42.3 Å². The lowest BCUT2D eigenvalue weighted by molar-refractivity contribution is 0.0689. The van der Waals surface area contributed by atoms with Gasteiger partial charge in [-0.1, -0.05) is 0 Å². The summed E-state index contributed by atoms with van der Waals surface area (Å²) in [5.41, 5.74) is -0.142. The molecule has 3 N–H and O–H groups in total. The highest BCUT2D eigenvalue weighted by Gasteiger charge is 2.27. The predicted octanol–water partition coefficient (Wildman–Crippen LogP) is 2.42. The van der Waals surface area contributed by atoms with Crippen LogP contribution in [0.4, 0.5) is 0 Å². The molecule has 0 saturated heterocycles. The number of halogens is 4. The van der Waals surface area contributed by atoms with Gasteiger partial charge in [0.1, 0.15) is 0 Å². The normalized spacial score (nSPS) is 11.3. The van der Waals surface area contributed by atoms with Gasteiger partial charge in [-0.05, 0) is 90.4 Å². The third-order valence-corrected chi connectivity index (χ3v) is 10.5. The highest BCUT2D eigenvalue weighted by Crippen LogP contribution is 2.32. The van der Waals surface area contributed by atoms with Crippen molar-refractivity contribution in [3.63, 3.8) is 0 Å². The van der Waals surface area contributed by atoms with E-state index in [4.69, 9.17) is 4.55 Å². The lowest BCUT2D eigenvalue weighted by atomic mass is 10.1. The van der Waals surface area contributed by atoms with Gasteiger partial charge in [-0.2, -0.15) is 8.42 Å². The lowest BCUT2D eigenvalue weighted by Gasteiger charge is -2.14. The van der Waals surface area contributed by atoms with Crippen LogP contribution in [0.5, 0.6) is 0 Å². The smallest absolute Gasteiger partial charge is 0.337 e. The van der Waals surface area contributed by atoms with Crippen molar-refractivity contribution in [1.29, 1.82) is 0 Å². The number of aromatic carboxylic acids is 1. The van der Waals surface area contributed by atoms with Gasteiger partial charge in [0, 0.05) is 20.8 Å². The molecule has 0 atom stereocenters. The molecule has 1 rings (SSSR count). The van der Waals surface area contributed by atoms with Crippen molar-refractivity contribution in [2.45, 2.75) is 0 Å². The Morgan fingerprint density at radius 2 is 1.41 bits per heavy atom. The average Bonchev–Trinajstić information content (AvgIpc) is 2.38. The van der Waals surface area contributed by atoms with E-state index in [0.717, 1.165) is 7.14 Å². The first-order chi connectivity index (χ1) is 9.97. The molecule has 1 amide bonds. The quantitative estimate of drug-likeness (QED) is 0.183. The van der Waals surface area contributed by atoms with Gasteiger partial charge in [0.05, 0.1) is 16.9 Å². The molecular formula is C10H7I4NO6S. The number of carboxylic acids is 1. The summed E-state index contributed by atoms with van der Waals surface area (Å²) in [4.78, 5) is 23.7. The van der Waals surface area contributed by atoms with E-state index >= 15 is 0 Å². The monoisotopic (exact) mass is 777 g/mol. The zero-order chi connectivity index (χ0) is 17.2. The van der Waals surface area contributed by atoms with Crippen molar-refractivity contribution in [3.05, 3.63) is 25.4 Å². The summed E-state index contributed by atoms with van der Waals surface area (Å²) in [5.74, 6) is -2.58. The van der Waals surface area contributed by atoms with Crippen molar-refractivity contribution in [3.8, 4) is 0 Å². The fourth-order valence-electron chi connectivity index (χ4n) is 1.43. The van der Waals surface area contributed by atoms with Crippen LogP contribution in [0.25, 0.3) is 0 Å². The molecule has 0 heterocycles. The highest BCUT2D eigenvalue weighted by molar-refractivity contribution is 14.1. The van der Waals surface area contributed by atoms with E-state index in [9.17, 15) is 23.1 Å². The number of nitrogens with one attached hydrogen (secondary N) is 1. The Bertz CT molecular complexity index is 749. The highest BCUT2D eigenvalue weighted by atomic mass is 127. The molecule has 122 valence electrons. The lowest BCUT2D eigenvalue weighted by Crippen LogP contribution is -2.31. The minimum Gasteiger partial charge on any atom is -0.478 e. The molecule has 0 bridgehead atoms. The molecule has 1 aromatic carbocycles. The number of rotatable bonds is 5. The Balaban J connectivity index is 3.28. The number of carbonyl (C=O) groups excluding carboxylic acids is 1. The molecule has 1 aromatic rings. The fourth-order valence-corrected chi connectivity index (χ4v) is 5.45. The Hall–Kier alpha value is 0.990. The van der Waals surface area contributed by atoms with Gasteiger partial charge < -0.3 is 10.4 Å². The number of carbonyl (C=O) groups is 2. The van der Waals surface area contributed by atoms with E-state index in [1.165, 1.54) is 0 Å². The number of carboxylic acid groups (broad SMARTS) is 1. The Labute approximate surface area is 180 Å². The number of benzene rings is 1. The van der Waals surface area contributed by atoms with Gasteiger partial charge in [0.2, 0.25) is 0 Å². The molecule has 7 nitrogen and oxygen atoms in total. The maximum absolute atomic E-state index is 12.2. The Morgan fingerprint density at radius 3 is 1.82 bits per heavy atom. The van der Waals surface area contributed by atoms with E-state index in [0.29, 0.717) is 7.14 Å². The van der Waals surface area contributed by atoms with E-state index < -0.39 is 27.7 Å². The van der Waals surface area contributed by atoms with Gasteiger partial charge in [-0.3, -0.25) is 9.35 Å². The third kappa shape index (κ3) is 5.24. The summed E-state index contributed by atoms with van der Waals surface area (Å²) in [5, 5.41) is 11.7. The first kappa shape index (κ1) is 21.0. The zero-order valence-corrected chi connectivity index (χ0v) is 19.8. The average molecular weight is 777 g/mol. The second-order valence-electron chi connectivity index (χ2n) is 3.85. The van der Waals surface area contributed by atoms with E-state index in [2.05, 4.69) is 5.32 Å². The van der Waals surface area contributed by atoms with Gasteiger partial charge >= 0.3 is 5.97 Å². The molecule has 0 fully saturated rings. The maximum atomic E-state index is 12.2. The summed E-state index contributed by atoms with van der Waals surface area (Å²) in [6.45, 7) is -0.314. The van der Waals surface area contributed by atoms with Gasteiger partial charge in [-0.15, -0.1) is 0 Å². The van der Waals surface area contributed by atoms with Crippen molar-refractivity contribution in [2.24, 2.45) is 0 Å². The molecule has 0 aromatic heterocycles. The fraction of sp³-hybridized carbons (Fsp3) is 0.200. The van der Waals surface area contributed by atoms with Gasteiger partial charge in [0.15, 0.2) is 0 Å². The summed E-state index contributed by atoms with van der Waals surface area (Å²) in [7, 11) is -4.20. The molecule has 0 saturated carbocycles. The van der Waals surface area contributed by atoms with Crippen molar-refractivity contribution in [1.82, 2.24) is 5.32 Å². The second-order valence-corrected chi connectivity index (χ2v) is 9.74.